The molecule has 6 heteroatoms. The van der Waals surface area contributed by atoms with Gasteiger partial charge >= 0.3 is 0 Å². The Balaban J connectivity index is 2.35. The molecule has 3 N–H and O–H groups in total. The monoisotopic (exact) mass is 245 g/mol. The zero-order chi connectivity index (χ0) is 13.3. The number of hydrogen-bond acceptors (Lipinski definition) is 4. The average molecular weight is 245 g/mol. The average Bonchev–Trinajstić information content (AvgIpc) is 2.72. The lowest BCUT2D eigenvalue weighted by Gasteiger charge is -2.17. The van der Waals surface area contributed by atoms with Gasteiger partial charge in [-0.3, -0.25) is 9.59 Å². The Labute approximate surface area is 103 Å². The number of carbonyl (C=O) groups is 2. The third-order valence-electron chi connectivity index (χ3n) is 2.92. The lowest BCUT2D eigenvalue weighted by Crippen LogP contribution is -2.28. The van der Waals surface area contributed by atoms with Crippen LogP contribution in [-0.2, 0) is 9.59 Å². The number of aromatic hydroxyl groups is 1. The van der Waals surface area contributed by atoms with Gasteiger partial charge in [0.15, 0.2) is 0 Å². The summed E-state index contributed by atoms with van der Waals surface area (Å²) in [5, 5.41) is 18.5. The first-order chi connectivity index (χ1) is 8.52. The van der Waals surface area contributed by atoms with E-state index >= 15 is 0 Å². The summed E-state index contributed by atoms with van der Waals surface area (Å²) in [5.74, 6) is -1.49. The zero-order valence-corrected chi connectivity index (χ0v) is 9.46. The molecule has 0 bridgehead atoms. The van der Waals surface area contributed by atoms with E-state index in [1.54, 1.807) is 0 Å². The van der Waals surface area contributed by atoms with Crippen LogP contribution in [0.25, 0.3) is 0 Å². The number of nitrogens with zero attached hydrogens (tertiary/aromatic N) is 2. The van der Waals surface area contributed by atoms with E-state index in [9.17, 15) is 14.7 Å². The molecule has 0 spiro atoms. The standard InChI is InChI=1S/C12H11N3O3/c13-5-7-1-2-10(16)9(3-7)15-6-8(12(14)18)4-11(15)17/h1-3,8,16H,4,6H2,(H2,14,18). The summed E-state index contributed by atoms with van der Waals surface area (Å²) in [6, 6.07) is 6.13. The summed E-state index contributed by atoms with van der Waals surface area (Å²) in [4.78, 5) is 24.1. The maximum absolute atomic E-state index is 11.8. The Morgan fingerprint density at radius 2 is 2.28 bits per heavy atom. The topological polar surface area (TPSA) is 107 Å². The molecule has 1 heterocycles. The molecule has 1 atom stereocenters. The molecule has 0 radical (unpaired) electrons. The number of phenolic OH excluding ortho intramolecular Hbond substituents is 1. The van der Waals surface area contributed by atoms with E-state index < -0.39 is 11.8 Å². The minimum Gasteiger partial charge on any atom is -0.506 e. The van der Waals surface area contributed by atoms with Gasteiger partial charge in [-0.1, -0.05) is 0 Å². The predicted molar refractivity (Wildman–Crippen MR) is 62.5 cm³/mol. The van der Waals surface area contributed by atoms with Crippen LogP contribution in [0.4, 0.5) is 5.69 Å². The van der Waals surface area contributed by atoms with E-state index in [1.165, 1.54) is 23.1 Å². The van der Waals surface area contributed by atoms with Crippen LogP contribution in [0.2, 0.25) is 0 Å². The lowest BCUT2D eigenvalue weighted by molar-refractivity contribution is -0.123. The molecule has 6 nitrogen and oxygen atoms in total. The fraction of sp³-hybridized carbons (Fsp3) is 0.250. The number of carbonyl (C=O) groups excluding carboxylic acids is 2. The molecular weight excluding hydrogens is 234 g/mol. The van der Waals surface area contributed by atoms with Crippen LogP contribution in [0.15, 0.2) is 18.2 Å². The molecule has 1 fully saturated rings. The third-order valence-corrected chi connectivity index (χ3v) is 2.92. The number of primary amides is 1. The molecule has 1 aliphatic rings. The smallest absolute Gasteiger partial charge is 0.227 e. The summed E-state index contributed by atoms with van der Waals surface area (Å²) in [7, 11) is 0. The Bertz CT molecular complexity index is 562. The van der Waals surface area contributed by atoms with Gasteiger partial charge in [0.1, 0.15) is 5.75 Å². The second-order valence-corrected chi connectivity index (χ2v) is 4.12. The van der Waals surface area contributed by atoms with Crippen molar-refractivity contribution in [2.24, 2.45) is 11.7 Å². The molecule has 1 unspecified atom stereocenters. The van der Waals surface area contributed by atoms with Crippen LogP contribution in [-0.4, -0.2) is 23.5 Å². The van der Waals surface area contributed by atoms with E-state index in [4.69, 9.17) is 11.0 Å². The second kappa shape index (κ2) is 4.37. The zero-order valence-electron chi connectivity index (χ0n) is 9.46. The largest absolute Gasteiger partial charge is 0.506 e. The number of benzene rings is 1. The van der Waals surface area contributed by atoms with Crippen LogP contribution in [0.3, 0.4) is 0 Å². The Morgan fingerprint density at radius 1 is 1.56 bits per heavy atom. The van der Waals surface area contributed by atoms with E-state index in [0.717, 1.165) is 0 Å². The van der Waals surface area contributed by atoms with Gasteiger partial charge in [0.25, 0.3) is 0 Å². The van der Waals surface area contributed by atoms with Gasteiger partial charge in [0, 0.05) is 13.0 Å². The van der Waals surface area contributed by atoms with Crippen LogP contribution in [0, 0.1) is 17.2 Å². The summed E-state index contributed by atoms with van der Waals surface area (Å²) < 4.78 is 0. The van der Waals surface area contributed by atoms with Gasteiger partial charge in [0.05, 0.1) is 23.2 Å². The molecular formula is C12H11N3O3. The molecule has 1 aromatic carbocycles. The van der Waals surface area contributed by atoms with Crippen molar-refractivity contribution in [1.82, 2.24) is 0 Å². The van der Waals surface area contributed by atoms with Crippen molar-refractivity contribution in [1.29, 1.82) is 5.26 Å². The molecule has 0 aromatic heterocycles. The van der Waals surface area contributed by atoms with Gasteiger partial charge in [-0.25, -0.2) is 0 Å². The molecule has 18 heavy (non-hydrogen) atoms. The predicted octanol–water partition coefficient (Wildman–Crippen LogP) is 0.102. The lowest BCUT2D eigenvalue weighted by atomic mass is 10.1. The van der Waals surface area contributed by atoms with Crippen LogP contribution < -0.4 is 10.6 Å². The Kier molecular flexibility index (Phi) is 2.90. The van der Waals surface area contributed by atoms with Crippen LogP contribution in [0.5, 0.6) is 5.75 Å². The first-order valence-corrected chi connectivity index (χ1v) is 5.35. The van der Waals surface area contributed by atoms with Crippen LogP contribution in [0.1, 0.15) is 12.0 Å². The Hall–Kier alpha value is -2.55. The number of amides is 2. The first kappa shape index (κ1) is 11.9. The summed E-state index contributed by atoms with van der Waals surface area (Å²) >= 11 is 0. The minimum atomic E-state index is -0.553. The number of nitriles is 1. The van der Waals surface area contributed by atoms with Crippen molar-refractivity contribution in [2.45, 2.75) is 6.42 Å². The van der Waals surface area contributed by atoms with Crippen molar-refractivity contribution in [2.75, 3.05) is 11.4 Å². The molecule has 2 rings (SSSR count). The number of nitrogens with two attached hydrogens (primary N) is 1. The Morgan fingerprint density at radius 3 is 2.83 bits per heavy atom. The molecule has 1 saturated heterocycles. The van der Waals surface area contributed by atoms with Gasteiger partial charge in [-0.05, 0) is 18.2 Å². The molecule has 1 aromatic rings. The molecule has 1 aliphatic heterocycles. The maximum Gasteiger partial charge on any atom is 0.227 e. The normalized spacial score (nSPS) is 18.7. The van der Waals surface area contributed by atoms with Crippen molar-refractivity contribution in [3.63, 3.8) is 0 Å². The second-order valence-electron chi connectivity index (χ2n) is 4.12. The number of phenols is 1. The first-order valence-electron chi connectivity index (χ1n) is 5.35. The van der Waals surface area contributed by atoms with Crippen molar-refractivity contribution in [3.05, 3.63) is 23.8 Å². The maximum atomic E-state index is 11.8. The summed E-state index contributed by atoms with van der Waals surface area (Å²) in [5.41, 5.74) is 5.73. The van der Waals surface area contributed by atoms with Gasteiger partial charge in [0.2, 0.25) is 11.8 Å². The van der Waals surface area contributed by atoms with E-state index in [2.05, 4.69) is 0 Å². The van der Waals surface area contributed by atoms with E-state index in [1.807, 2.05) is 6.07 Å². The van der Waals surface area contributed by atoms with E-state index in [-0.39, 0.29) is 30.3 Å². The highest BCUT2D eigenvalue weighted by Gasteiger charge is 2.35. The van der Waals surface area contributed by atoms with Gasteiger partial charge < -0.3 is 15.7 Å². The third kappa shape index (κ3) is 1.98. The van der Waals surface area contributed by atoms with Crippen molar-refractivity contribution >= 4 is 17.5 Å². The summed E-state index contributed by atoms with van der Waals surface area (Å²) in [6.45, 7) is 0.136. The van der Waals surface area contributed by atoms with E-state index in [0.29, 0.717) is 5.56 Å². The fourth-order valence-electron chi connectivity index (χ4n) is 1.94. The highest BCUT2D eigenvalue weighted by Crippen LogP contribution is 2.32. The van der Waals surface area contributed by atoms with Crippen LogP contribution >= 0.6 is 0 Å². The molecule has 2 amide bonds. The highest BCUT2D eigenvalue weighted by atomic mass is 16.3. The van der Waals surface area contributed by atoms with Gasteiger partial charge in [-0.15, -0.1) is 0 Å². The molecule has 92 valence electrons. The fourth-order valence-corrected chi connectivity index (χ4v) is 1.94. The van der Waals surface area contributed by atoms with Gasteiger partial charge in [-0.2, -0.15) is 5.26 Å². The minimum absolute atomic E-state index is 0.0333. The van der Waals surface area contributed by atoms with Crippen molar-refractivity contribution < 1.29 is 14.7 Å². The molecule has 0 aliphatic carbocycles. The molecule has 0 saturated carbocycles. The summed E-state index contributed by atoms with van der Waals surface area (Å²) in [6.07, 6.45) is 0.0333. The SMILES string of the molecule is N#Cc1ccc(O)c(N2CC(C(N)=O)CC2=O)c1. The van der Waals surface area contributed by atoms with Crippen molar-refractivity contribution in [3.8, 4) is 11.8 Å². The number of rotatable bonds is 2. The highest BCUT2D eigenvalue weighted by molar-refractivity contribution is 6.01. The number of anilines is 1. The number of hydrogen-bond donors (Lipinski definition) is 2. The quantitative estimate of drug-likeness (QED) is 0.770.